The van der Waals surface area contributed by atoms with E-state index in [-0.39, 0.29) is 24.8 Å². The van der Waals surface area contributed by atoms with E-state index in [0.29, 0.717) is 5.75 Å². The number of benzene rings is 1. The third-order valence-corrected chi connectivity index (χ3v) is 7.41. The molecule has 6 heteroatoms. The van der Waals surface area contributed by atoms with Crippen molar-refractivity contribution in [3.63, 3.8) is 0 Å². The van der Waals surface area contributed by atoms with Gasteiger partial charge in [-0.15, -0.1) is 31.2 Å². The van der Waals surface area contributed by atoms with Crippen LogP contribution in [0, 0.1) is 13.0 Å². The Bertz CT molecular complexity index is 618. The van der Waals surface area contributed by atoms with Crippen LogP contribution in [-0.4, -0.2) is 25.1 Å². The fourth-order valence-electron chi connectivity index (χ4n) is 2.12. The van der Waals surface area contributed by atoms with Gasteiger partial charge in [0.05, 0.1) is 8.07 Å². The van der Waals surface area contributed by atoms with Crippen molar-refractivity contribution in [1.29, 1.82) is 0 Å². The molecule has 0 saturated carbocycles. The van der Waals surface area contributed by atoms with Crippen LogP contribution in [0.25, 0.3) is 0 Å². The van der Waals surface area contributed by atoms with Crippen molar-refractivity contribution >= 4 is 50.0 Å². The number of rotatable bonds is 2. The average Bonchev–Trinajstić information content (AvgIpc) is 2.89. The molecule has 27 heavy (non-hydrogen) atoms. The fraction of sp³-hybridized carbons (Fsp3) is 0.476. The van der Waals surface area contributed by atoms with Gasteiger partial charge >= 0.3 is 37.6 Å². The van der Waals surface area contributed by atoms with Crippen LogP contribution in [0.4, 0.5) is 0 Å². The zero-order chi connectivity index (χ0) is 19.8. The van der Waals surface area contributed by atoms with Gasteiger partial charge in [-0.25, -0.2) is 11.3 Å². The SMILES string of the molecule is C[C](C)=[Ti+].C[Si](C)(C)C1=[C-]CC=C1.Cc1cc(O)cc([Si](C)(C)C)c1.Cl.Cl. The van der Waals surface area contributed by atoms with Gasteiger partial charge < -0.3 is 5.11 Å². The van der Waals surface area contributed by atoms with Crippen LogP contribution in [0.5, 0.6) is 5.75 Å². The standard InChI is InChI=1S/C10H16OSi.C8H13Si.C3H6.2ClH.Ti/c1-8-5-9(11)7-10(6-8)12(2,3)4;1-9(2,3)8-6-4-5-7-8;1-3-2;;;/h5-7,11H,1-4H3;4,6H,5H2,1-3H3;1-2H3;2*1H;/q;-1;;;;+1. The van der Waals surface area contributed by atoms with Crippen molar-refractivity contribution in [2.75, 3.05) is 0 Å². The Balaban J connectivity index is -0.000000343. The third-order valence-electron chi connectivity index (χ3n) is 3.43. The van der Waals surface area contributed by atoms with Gasteiger partial charge in [-0.05, 0) is 24.6 Å². The van der Waals surface area contributed by atoms with Crippen molar-refractivity contribution in [1.82, 2.24) is 0 Å². The summed E-state index contributed by atoms with van der Waals surface area (Å²) in [4.78, 5) is 0. The number of allylic oxidation sites excluding steroid dienone is 4. The van der Waals surface area contributed by atoms with E-state index in [0.717, 1.165) is 12.0 Å². The molecule has 0 saturated heterocycles. The summed E-state index contributed by atoms with van der Waals surface area (Å²) < 4.78 is 1.42. The molecule has 0 amide bonds. The summed E-state index contributed by atoms with van der Waals surface area (Å²) in [7, 11) is -2.26. The van der Waals surface area contributed by atoms with Crippen LogP contribution in [0.1, 0.15) is 25.8 Å². The van der Waals surface area contributed by atoms with Crippen LogP contribution < -0.4 is 5.19 Å². The number of hydrogen-bond donors (Lipinski definition) is 1. The Morgan fingerprint density at radius 3 is 1.70 bits per heavy atom. The van der Waals surface area contributed by atoms with E-state index in [1.807, 2.05) is 13.0 Å². The molecule has 0 bridgehead atoms. The second-order valence-corrected chi connectivity index (χ2v) is 20.4. The maximum atomic E-state index is 9.38. The molecule has 0 fully saturated rings. The molecule has 1 aromatic carbocycles. The fourth-order valence-corrected chi connectivity index (χ4v) is 4.61. The molecule has 1 N–H and O–H groups in total. The van der Waals surface area contributed by atoms with Crippen molar-refractivity contribution < 1.29 is 25.1 Å². The molecule has 0 spiro atoms. The third kappa shape index (κ3) is 15.7. The molecule has 1 aromatic rings. The van der Waals surface area contributed by atoms with Gasteiger partial charge in [-0.2, -0.15) is 6.08 Å². The second kappa shape index (κ2) is 14.1. The molecule has 1 aliphatic carbocycles. The Labute approximate surface area is 193 Å². The van der Waals surface area contributed by atoms with Crippen molar-refractivity contribution in [3.8, 4) is 5.75 Å². The minimum absolute atomic E-state index is 0. The molecule has 0 unspecified atom stereocenters. The molecule has 0 aliphatic heterocycles. The zero-order valence-corrected chi connectivity index (χ0v) is 23.6. The minimum Gasteiger partial charge on any atom is -0.508 e. The van der Waals surface area contributed by atoms with Gasteiger partial charge in [-0.3, -0.25) is 6.08 Å². The Hall–Kier alpha value is 0.0981. The van der Waals surface area contributed by atoms with Crippen LogP contribution in [0.2, 0.25) is 39.3 Å². The minimum atomic E-state index is -1.26. The monoisotopic (exact) mass is 479 g/mol. The van der Waals surface area contributed by atoms with Gasteiger partial charge in [0.2, 0.25) is 0 Å². The van der Waals surface area contributed by atoms with Crippen LogP contribution in [-0.2, 0) is 20.0 Å². The molecule has 2 rings (SSSR count). The van der Waals surface area contributed by atoms with E-state index in [4.69, 9.17) is 0 Å². The summed E-state index contributed by atoms with van der Waals surface area (Å²) in [5.41, 5.74) is 1.15. The quantitative estimate of drug-likeness (QED) is 0.384. The number of hydrogen-bond acceptors (Lipinski definition) is 1. The molecule has 153 valence electrons. The summed E-state index contributed by atoms with van der Waals surface area (Å²) in [6.45, 7) is 20.1. The van der Waals surface area contributed by atoms with Crippen LogP contribution >= 0.6 is 24.8 Å². The largest absolute Gasteiger partial charge is 0.508 e. The van der Waals surface area contributed by atoms with Crippen molar-refractivity contribution in [3.05, 3.63) is 47.2 Å². The van der Waals surface area contributed by atoms with Crippen LogP contribution in [0.15, 0.2) is 35.5 Å². The number of phenolic OH excluding ortho intramolecular Hbond substituents is 1. The van der Waals surface area contributed by atoms with Gasteiger partial charge in [0.1, 0.15) is 5.75 Å². The molecule has 0 aromatic heterocycles. The second-order valence-electron chi connectivity index (χ2n) is 8.75. The van der Waals surface area contributed by atoms with Gasteiger partial charge in [0.25, 0.3) is 0 Å². The first-order valence-electron chi connectivity index (χ1n) is 8.84. The first-order valence-corrected chi connectivity index (χ1v) is 16.6. The van der Waals surface area contributed by atoms with E-state index in [1.54, 1.807) is 6.07 Å². The van der Waals surface area contributed by atoms with E-state index in [2.05, 4.69) is 97.4 Å². The van der Waals surface area contributed by atoms with Gasteiger partial charge in [-0.1, -0.05) is 50.5 Å². The molecule has 1 aliphatic rings. The maximum absolute atomic E-state index is 9.38. The Kier molecular flexibility index (Phi) is 16.6. The topological polar surface area (TPSA) is 20.2 Å². The smallest absolute Gasteiger partial charge is 0.115 e. The first kappa shape index (κ1) is 31.8. The summed E-state index contributed by atoms with van der Waals surface area (Å²) in [5, 5.41) is 12.2. The normalized spacial score (nSPS) is 12.3. The molecule has 0 radical (unpaired) electrons. The van der Waals surface area contributed by atoms with Crippen molar-refractivity contribution in [2.45, 2.75) is 66.5 Å². The summed E-state index contributed by atoms with van der Waals surface area (Å²) >= 11 is 2.08. The average molecular weight is 480 g/mol. The summed E-state index contributed by atoms with van der Waals surface area (Å²) in [6, 6.07) is 5.86. The van der Waals surface area contributed by atoms with E-state index < -0.39 is 16.1 Å². The summed E-state index contributed by atoms with van der Waals surface area (Å²) in [5.74, 6) is 0.396. The van der Waals surface area contributed by atoms with Crippen LogP contribution in [0.3, 0.4) is 0 Å². The number of phenols is 1. The predicted octanol–water partition coefficient (Wildman–Crippen LogP) is 6.39. The van der Waals surface area contributed by atoms with Gasteiger partial charge in [0, 0.05) is 8.07 Å². The maximum Gasteiger partial charge on any atom is 0.115 e. The van der Waals surface area contributed by atoms with E-state index >= 15 is 0 Å². The zero-order valence-electron chi connectivity index (χ0n) is 18.4. The molecular weight excluding hydrogens is 443 g/mol. The Morgan fingerprint density at radius 1 is 0.963 bits per heavy atom. The predicted molar refractivity (Wildman–Crippen MR) is 131 cm³/mol. The number of halogens is 2. The van der Waals surface area contributed by atoms with E-state index in [9.17, 15) is 5.11 Å². The molecule has 0 heterocycles. The number of aromatic hydroxyl groups is 1. The molecule has 1 nitrogen and oxygen atoms in total. The molecular formula is C21H37Cl2OSi2Ti. The number of aryl methyl sites for hydroxylation is 1. The Morgan fingerprint density at radius 2 is 1.44 bits per heavy atom. The van der Waals surface area contributed by atoms with Gasteiger partial charge in [0.15, 0.2) is 0 Å². The van der Waals surface area contributed by atoms with Crippen molar-refractivity contribution in [2.24, 2.45) is 0 Å². The summed E-state index contributed by atoms with van der Waals surface area (Å²) in [6.07, 6.45) is 8.82. The first-order chi connectivity index (χ1) is 11.2. The van der Waals surface area contributed by atoms with E-state index in [1.165, 1.54) is 14.2 Å². The molecule has 0 atom stereocenters.